The SMILES string of the molecule is CCC(C)N1CCC2(CC(C(=O)Nc3cccnc3)=NO2)C1. The summed E-state index contributed by atoms with van der Waals surface area (Å²) in [6.45, 7) is 6.26. The second kappa shape index (κ2) is 6.04. The number of rotatable bonds is 4. The first kappa shape index (κ1) is 15.0. The van der Waals surface area contributed by atoms with Crippen LogP contribution in [0.5, 0.6) is 0 Å². The molecule has 1 amide bonds. The van der Waals surface area contributed by atoms with Crippen LogP contribution in [0.4, 0.5) is 5.69 Å². The van der Waals surface area contributed by atoms with E-state index in [2.05, 4.69) is 34.2 Å². The zero-order valence-corrected chi connectivity index (χ0v) is 13.1. The second-order valence-corrected chi connectivity index (χ2v) is 6.16. The quantitative estimate of drug-likeness (QED) is 0.924. The van der Waals surface area contributed by atoms with Crippen molar-refractivity contribution >= 4 is 17.3 Å². The van der Waals surface area contributed by atoms with Crippen molar-refractivity contribution in [3.63, 3.8) is 0 Å². The van der Waals surface area contributed by atoms with Gasteiger partial charge < -0.3 is 10.2 Å². The molecule has 2 unspecified atom stereocenters. The Hall–Kier alpha value is -1.95. The van der Waals surface area contributed by atoms with Crippen molar-refractivity contribution in [2.24, 2.45) is 5.16 Å². The van der Waals surface area contributed by atoms with E-state index < -0.39 is 0 Å². The van der Waals surface area contributed by atoms with Gasteiger partial charge >= 0.3 is 0 Å². The summed E-state index contributed by atoms with van der Waals surface area (Å²) >= 11 is 0. The Balaban J connectivity index is 1.59. The molecule has 2 atom stereocenters. The highest BCUT2D eigenvalue weighted by molar-refractivity contribution is 6.43. The number of hydrogen-bond donors (Lipinski definition) is 1. The second-order valence-electron chi connectivity index (χ2n) is 6.16. The summed E-state index contributed by atoms with van der Waals surface area (Å²) < 4.78 is 0. The summed E-state index contributed by atoms with van der Waals surface area (Å²) in [6.07, 6.45) is 5.90. The lowest BCUT2D eigenvalue weighted by Gasteiger charge is -2.25. The molecule has 1 aromatic heterocycles. The molecule has 0 radical (unpaired) electrons. The highest BCUT2D eigenvalue weighted by atomic mass is 16.7. The number of aromatic nitrogens is 1. The van der Waals surface area contributed by atoms with E-state index >= 15 is 0 Å². The molecule has 1 saturated heterocycles. The van der Waals surface area contributed by atoms with Crippen molar-refractivity contribution in [3.05, 3.63) is 24.5 Å². The molecule has 1 fully saturated rings. The molecule has 22 heavy (non-hydrogen) atoms. The molecule has 2 aliphatic heterocycles. The highest BCUT2D eigenvalue weighted by Crippen LogP contribution is 2.35. The number of likely N-dealkylation sites (tertiary alicyclic amines) is 1. The van der Waals surface area contributed by atoms with E-state index in [1.165, 1.54) is 0 Å². The zero-order valence-electron chi connectivity index (χ0n) is 13.1. The van der Waals surface area contributed by atoms with Gasteiger partial charge in [-0.2, -0.15) is 0 Å². The Morgan fingerprint density at radius 2 is 2.45 bits per heavy atom. The van der Waals surface area contributed by atoms with Gasteiger partial charge in [0.2, 0.25) is 0 Å². The Bertz CT molecular complexity index is 575. The van der Waals surface area contributed by atoms with Crippen LogP contribution in [-0.2, 0) is 9.63 Å². The summed E-state index contributed by atoms with van der Waals surface area (Å²) in [4.78, 5) is 24.3. The lowest BCUT2D eigenvalue weighted by atomic mass is 9.96. The van der Waals surface area contributed by atoms with E-state index in [-0.39, 0.29) is 11.5 Å². The molecule has 0 saturated carbocycles. The van der Waals surface area contributed by atoms with Crippen molar-refractivity contribution in [2.75, 3.05) is 18.4 Å². The number of nitrogens with one attached hydrogen (secondary N) is 1. The average Bonchev–Trinajstić information content (AvgIpc) is 3.15. The number of oxime groups is 1. The van der Waals surface area contributed by atoms with E-state index in [1.54, 1.807) is 24.5 Å². The number of carbonyl (C=O) groups excluding carboxylic acids is 1. The van der Waals surface area contributed by atoms with E-state index in [1.807, 2.05) is 0 Å². The highest BCUT2D eigenvalue weighted by Gasteiger charge is 2.47. The van der Waals surface area contributed by atoms with E-state index in [4.69, 9.17) is 4.84 Å². The van der Waals surface area contributed by atoms with Crippen LogP contribution in [0.3, 0.4) is 0 Å². The summed E-state index contributed by atoms with van der Waals surface area (Å²) in [5, 5.41) is 6.85. The molecule has 3 heterocycles. The van der Waals surface area contributed by atoms with Crippen LogP contribution in [0, 0.1) is 0 Å². The molecule has 118 valence electrons. The molecule has 1 N–H and O–H groups in total. The Labute approximate surface area is 130 Å². The van der Waals surface area contributed by atoms with Gasteiger partial charge in [-0.15, -0.1) is 0 Å². The number of carbonyl (C=O) groups is 1. The maximum Gasteiger partial charge on any atom is 0.273 e. The zero-order chi connectivity index (χ0) is 15.6. The van der Waals surface area contributed by atoms with Gasteiger partial charge in [0.1, 0.15) is 5.71 Å². The van der Waals surface area contributed by atoms with Gasteiger partial charge in [-0.05, 0) is 25.5 Å². The molecule has 1 aromatic rings. The van der Waals surface area contributed by atoms with Crippen molar-refractivity contribution < 1.29 is 9.63 Å². The Kier molecular flexibility index (Phi) is 4.11. The van der Waals surface area contributed by atoms with Crippen LogP contribution < -0.4 is 5.32 Å². The monoisotopic (exact) mass is 302 g/mol. The standard InChI is InChI=1S/C16H22N4O2/c1-3-12(2)20-8-6-16(11-20)9-14(19-22-16)15(21)18-13-5-4-7-17-10-13/h4-5,7,10,12H,3,6,8-9,11H2,1-2H3,(H,18,21). The number of anilines is 1. The fraction of sp³-hybridized carbons (Fsp3) is 0.562. The molecule has 3 rings (SSSR count). The maximum atomic E-state index is 12.3. The first-order valence-corrected chi connectivity index (χ1v) is 7.82. The average molecular weight is 302 g/mol. The van der Waals surface area contributed by atoms with E-state index in [0.29, 0.717) is 23.9 Å². The molecule has 1 spiro atoms. The molecule has 2 aliphatic rings. The fourth-order valence-electron chi connectivity index (χ4n) is 3.01. The van der Waals surface area contributed by atoms with Crippen molar-refractivity contribution in [3.8, 4) is 0 Å². The Morgan fingerprint density at radius 1 is 1.59 bits per heavy atom. The van der Waals surface area contributed by atoms with E-state index in [0.717, 1.165) is 25.9 Å². The number of nitrogens with zero attached hydrogens (tertiary/aromatic N) is 3. The number of pyridine rings is 1. The molecule has 6 nitrogen and oxygen atoms in total. The summed E-state index contributed by atoms with van der Waals surface area (Å²) in [5.74, 6) is -0.202. The smallest absolute Gasteiger partial charge is 0.273 e. The fourth-order valence-corrected chi connectivity index (χ4v) is 3.01. The third kappa shape index (κ3) is 2.97. The molecular formula is C16H22N4O2. The van der Waals surface area contributed by atoms with Gasteiger partial charge in [-0.3, -0.25) is 14.7 Å². The Morgan fingerprint density at radius 3 is 3.18 bits per heavy atom. The minimum absolute atomic E-state index is 0.202. The molecular weight excluding hydrogens is 280 g/mol. The van der Waals surface area contributed by atoms with Crippen LogP contribution >= 0.6 is 0 Å². The molecule has 6 heteroatoms. The summed E-state index contributed by atoms with van der Waals surface area (Å²) in [7, 11) is 0. The normalized spacial score (nSPS) is 25.8. The third-order valence-corrected chi connectivity index (χ3v) is 4.58. The predicted molar refractivity (Wildman–Crippen MR) is 84.7 cm³/mol. The number of hydrogen-bond acceptors (Lipinski definition) is 5. The van der Waals surface area contributed by atoms with Crippen LogP contribution in [0.1, 0.15) is 33.1 Å². The van der Waals surface area contributed by atoms with Gasteiger partial charge in [-0.25, -0.2) is 0 Å². The van der Waals surface area contributed by atoms with Crippen molar-refractivity contribution in [1.82, 2.24) is 9.88 Å². The van der Waals surface area contributed by atoms with Crippen LogP contribution in [0.15, 0.2) is 29.7 Å². The minimum atomic E-state index is -0.314. The van der Waals surface area contributed by atoms with Gasteiger partial charge in [0, 0.05) is 38.2 Å². The number of amides is 1. The molecule has 0 bridgehead atoms. The summed E-state index contributed by atoms with van der Waals surface area (Å²) in [5.41, 5.74) is 0.823. The van der Waals surface area contributed by atoms with Gasteiger partial charge in [0.25, 0.3) is 5.91 Å². The molecule has 0 aromatic carbocycles. The minimum Gasteiger partial charge on any atom is -0.387 e. The maximum absolute atomic E-state index is 12.3. The molecule has 0 aliphatic carbocycles. The van der Waals surface area contributed by atoms with Gasteiger partial charge in [0.15, 0.2) is 5.60 Å². The first-order valence-electron chi connectivity index (χ1n) is 7.82. The van der Waals surface area contributed by atoms with Crippen LogP contribution in [0.2, 0.25) is 0 Å². The predicted octanol–water partition coefficient (Wildman–Crippen LogP) is 2.04. The van der Waals surface area contributed by atoms with Crippen molar-refractivity contribution in [2.45, 2.75) is 44.8 Å². The third-order valence-electron chi connectivity index (χ3n) is 4.58. The van der Waals surface area contributed by atoms with E-state index in [9.17, 15) is 4.79 Å². The van der Waals surface area contributed by atoms with Gasteiger partial charge in [0.05, 0.1) is 11.9 Å². The lowest BCUT2D eigenvalue weighted by molar-refractivity contribution is -0.110. The van der Waals surface area contributed by atoms with Crippen LogP contribution in [-0.4, -0.2) is 46.2 Å². The van der Waals surface area contributed by atoms with Crippen molar-refractivity contribution in [1.29, 1.82) is 0 Å². The topological polar surface area (TPSA) is 66.8 Å². The first-order chi connectivity index (χ1) is 10.6. The summed E-state index contributed by atoms with van der Waals surface area (Å²) in [6, 6.07) is 4.12. The van der Waals surface area contributed by atoms with Gasteiger partial charge in [-0.1, -0.05) is 12.1 Å². The lowest BCUT2D eigenvalue weighted by Crippen LogP contribution is -2.38. The van der Waals surface area contributed by atoms with Crippen LogP contribution in [0.25, 0.3) is 0 Å². The largest absolute Gasteiger partial charge is 0.387 e.